The number of likely N-dealkylation sites (tertiary alicyclic amines) is 1. The lowest BCUT2D eigenvalue weighted by Gasteiger charge is -2.30. The second-order valence-corrected chi connectivity index (χ2v) is 5.68. The van der Waals surface area contributed by atoms with Gasteiger partial charge in [-0.15, -0.1) is 0 Å². The fourth-order valence-corrected chi connectivity index (χ4v) is 2.59. The monoisotopic (exact) mass is 264 g/mol. The molecule has 1 saturated heterocycles. The van der Waals surface area contributed by atoms with Crippen molar-refractivity contribution < 1.29 is 4.39 Å². The maximum absolute atomic E-state index is 13.0. The summed E-state index contributed by atoms with van der Waals surface area (Å²) < 4.78 is 13.0. The molecule has 0 atom stereocenters. The quantitative estimate of drug-likeness (QED) is 0.795. The lowest BCUT2D eigenvalue weighted by molar-refractivity contribution is 0.190. The highest BCUT2D eigenvalue weighted by Gasteiger charge is 2.14. The van der Waals surface area contributed by atoms with Crippen LogP contribution in [0.2, 0.25) is 0 Å². The van der Waals surface area contributed by atoms with Crippen LogP contribution in [-0.4, -0.2) is 31.1 Å². The van der Waals surface area contributed by atoms with Gasteiger partial charge >= 0.3 is 0 Å². The summed E-state index contributed by atoms with van der Waals surface area (Å²) in [6.45, 7) is 7.80. The zero-order chi connectivity index (χ0) is 13.5. The van der Waals surface area contributed by atoms with Crippen LogP contribution >= 0.6 is 0 Å². The van der Waals surface area contributed by atoms with Crippen molar-refractivity contribution in [1.82, 2.24) is 10.2 Å². The molecule has 3 heteroatoms. The van der Waals surface area contributed by atoms with Crippen molar-refractivity contribution >= 4 is 0 Å². The highest BCUT2D eigenvalue weighted by Crippen LogP contribution is 2.15. The van der Waals surface area contributed by atoms with Crippen LogP contribution in [-0.2, 0) is 6.54 Å². The van der Waals surface area contributed by atoms with Gasteiger partial charge < -0.3 is 10.2 Å². The van der Waals surface area contributed by atoms with Gasteiger partial charge in [-0.05, 0) is 69.1 Å². The van der Waals surface area contributed by atoms with Gasteiger partial charge in [0.1, 0.15) is 5.82 Å². The van der Waals surface area contributed by atoms with Gasteiger partial charge in [0.05, 0.1) is 0 Å². The van der Waals surface area contributed by atoms with Gasteiger partial charge in [0.25, 0.3) is 0 Å². The Morgan fingerprint density at radius 1 is 1.32 bits per heavy atom. The van der Waals surface area contributed by atoms with Crippen molar-refractivity contribution in [3.05, 3.63) is 35.6 Å². The predicted octanol–water partition coefficient (Wildman–Crippen LogP) is 3.04. The summed E-state index contributed by atoms with van der Waals surface area (Å²) in [5.74, 6) is 0.754. The third-order valence-corrected chi connectivity index (χ3v) is 3.92. The molecule has 1 aliphatic heterocycles. The lowest BCUT2D eigenvalue weighted by Crippen LogP contribution is -2.34. The van der Waals surface area contributed by atoms with Crippen molar-refractivity contribution in [1.29, 1.82) is 0 Å². The Morgan fingerprint density at radius 2 is 2.11 bits per heavy atom. The van der Waals surface area contributed by atoms with Crippen LogP contribution in [0.3, 0.4) is 0 Å². The Kier molecular flexibility index (Phi) is 5.80. The Hall–Kier alpha value is -0.930. The summed E-state index contributed by atoms with van der Waals surface area (Å²) in [4.78, 5) is 2.56. The van der Waals surface area contributed by atoms with Crippen molar-refractivity contribution in [2.24, 2.45) is 5.92 Å². The minimum Gasteiger partial charge on any atom is -0.313 e. The van der Waals surface area contributed by atoms with Gasteiger partial charge in [-0.2, -0.15) is 0 Å². The molecule has 1 heterocycles. The van der Waals surface area contributed by atoms with Gasteiger partial charge in [-0.25, -0.2) is 4.39 Å². The molecule has 2 nitrogen and oxygen atoms in total. The van der Waals surface area contributed by atoms with E-state index in [1.165, 1.54) is 45.0 Å². The van der Waals surface area contributed by atoms with Gasteiger partial charge in [0, 0.05) is 6.54 Å². The van der Waals surface area contributed by atoms with E-state index in [0.29, 0.717) is 0 Å². The highest BCUT2D eigenvalue weighted by atomic mass is 19.1. The highest BCUT2D eigenvalue weighted by molar-refractivity contribution is 5.15. The number of rotatable bonds is 6. The van der Waals surface area contributed by atoms with Crippen LogP contribution in [0.15, 0.2) is 24.3 Å². The fraction of sp³-hybridized carbons (Fsp3) is 0.625. The smallest absolute Gasteiger partial charge is 0.123 e. The van der Waals surface area contributed by atoms with Crippen LogP contribution in [0, 0.1) is 11.7 Å². The molecule has 0 saturated carbocycles. The maximum Gasteiger partial charge on any atom is 0.123 e. The number of hydrogen-bond acceptors (Lipinski definition) is 2. The van der Waals surface area contributed by atoms with E-state index in [1.807, 2.05) is 6.07 Å². The Balaban J connectivity index is 1.55. The van der Waals surface area contributed by atoms with E-state index in [2.05, 4.69) is 17.1 Å². The lowest BCUT2D eigenvalue weighted by atomic mass is 9.99. The molecule has 0 bridgehead atoms. The van der Waals surface area contributed by atoms with Crippen molar-refractivity contribution in [2.75, 3.05) is 26.2 Å². The van der Waals surface area contributed by atoms with Crippen LogP contribution in [0.4, 0.5) is 4.39 Å². The topological polar surface area (TPSA) is 15.3 Å². The number of halogens is 1. The van der Waals surface area contributed by atoms with Crippen LogP contribution < -0.4 is 5.32 Å². The molecular weight excluding hydrogens is 239 g/mol. The standard InChI is InChI=1S/C16H25FN2/c1-14-6-10-19(11-7-14)9-3-8-18-13-15-4-2-5-16(17)12-15/h2,4-5,12,14,18H,3,6-11,13H2,1H3. The second kappa shape index (κ2) is 7.61. The van der Waals surface area contributed by atoms with E-state index >= 15 is 0 Å². The number of benzene rings is 1. The third kappa shape index (κ3) is 5.29. The first kappa shape index (κ1) is 14.5. The van der Waals surface area contributed by atoms with E-state index in [1.54, 1.807) is 12.1 Å². The first-order chi connectivity index (χ1) is 9.24. The minimum atomic E-state index is -0.151. The molecule has 2 rings (SSSR count). The zero-order valence-electron chi connectivity index (χ0n) is 11.9. The minimum absolute atomic E-state index is 0.151. The molecule has 0 radical (unpaired) electrons. The van der Waals surface area contributed by atoms with E-state index in [0.717, 1.165) is 24.6 Å². The number of nitrogens with one attached hydrogen (secondary N) is 1. The summed E-state index contributed by atoms with van der Waals surface area (Å²) in [5.41, 5.74) is 1.02. The zero-order valence-corrected chi connectivity index (χ0v) is 11.9. The first-order valence-electron chi connectivity index (χ1n) is 7.41. The molecular formula is C16H25FN2. The first-order valence-corrected chi connectivity index (χ1v) is 7.41. The molecule has 1 fully saturated rings. The van der Waals surface area contributed by atoms with Crippen LogP contribution in [0.1, 0.15) is 31.7 Å². The predicted molar refractivity (Wildman–Crippen MR) is 77.6 cm³/mol. The third-order valence-electron chi connectivity index (χ3n) is 3.92. The molecule has 1 aliphatic rings. The fourth-order valence-electron chi connectivity index (χ4n) is 2.59. The van der Waals surface area contributed by atoms with Gasteiger partial charge in [-0.3, -0.25) is 0 Å². The molecule has 1 aromatic rings. The van der Waals surface area contributed by atoms with Crippen LogP contribution in [0.25, 0.3) is 0 Å². The second-order valence-electron chi connectivity index (χ2n) is 5.68. The summed E-state index contributed by atoms with van der Waals surface area (Å²) in [6, 6.07) is 6.81. The number of piperidine rings is 1. The van der Waals surface area contributed by atoms with Gasteiger partial charge in [-0.1, -0.05) is 19.1 Å². The van der Waals surface area contributed by atoms with Crippen molar-refractivity contribution in [3.63, 3.8) is 0 Å². The molecule has 0 unspecified atom stereocenters. The Morgan fingerprint density at radius 3 is 2.84 bits per heavy atom. The molecule has 19 heavy (non-hydrogen) atoms. The summed E-state index contributed by atoms with van der Waals surface area (Å²) >= 11 is 0. The molecule has 1 N–H and O–H groups in total. The van der Waals surface area contributed by atoms with E-state index in [4.69, 9.17) is 0 Å². The molecule has 0 amide bonds. The normalized spacial score (nSPS) is 17.8. The molecule has 0 aliphatic carbocycles. The SMILES string of the molecule is CC1CCN(CCCNCc2cccc(F)c2)CC1. The molecule has 0 aromatic heterocycles. The summed E-state index contributed by atoms with van der Waals surface area (Å²) in [5, 5.41) is 3.38. The molecule has 0 spiro atoms. The maximum atomic E-state index is 13.0. The van der Waals surface area contributed by atoms with E-state index in [-0.39, 0.29) is 5.82 Å². The van der Waals surface area contributed by atoms with Gasteiger partial charge in [0.2, 0.25) is 0 Å². The summed E-state index contributed by atoms with van der Waals surface area (Å²) in [7, 11) is 0. The average molecular weight is 264 g/mol. The summed E-state index contributed by atoms with van der Waals surface area (Å²) in [6.07, 6.45) is 3.86. The van der Waals surface area contributed by atoms with E-state index in [9.17, 15) is 4.39 Å². The Bertz CT molecular complexity index is 373. The number of nitrogens with zero attached hydrogens (tertiary/aromatic N) is 1. The number of hydrogen-bond donors (Lipinski definition) is 1. The Labute approximate surface area is 116 Å². The van der Waals surface area contributed by atoms with Crippen LogP contribution in [0.5, 0.6) is 0 Å². The van der Waals surface area contributed by atoms with Gasteiger partial charge in [0.15, 0.2) is 0 Å². The molecule has 106 valence electrons. The van der Waals surface area contributed by atoms with E-state index < -0.39 is 0 Å². The average Bonchev–Trinajstić information content (AvgIpc) is 2.41. The largest absolute Gasteiger partial charge is 0.313 e. The van der Waals surface area contributed by atoms with Crippen molar-refractivity contribution in [2.45, 2.75) is 32.7 Å². The van der Waals surface area contributed by atoms with Crippen molar-refractivity contribution in [3.8, 4) is 0 Å². The molecule has 1 aromatic carbocycles.